The molecule has 5 heteroatoms. The number of aromatic nitrogens is 5. The minimum Gasteiger partial charge on any atom is -0.292 e. The molecule has 0 atom stereocenters. The highest BCUT2D eigenvalue weighted by Crippen LogP contribution is 2.33. The van der Waals surface area contributed by atoms with Crippen molar-refractivity contribution in [2.24, 2.45) is 0 Å². The summed E-state index contributed by atoms with van der Waals surface area (Å²) in [4.78, 5) is 19.6. The Morgan fingerprint density at radius 3 is 1.51 bits per heavy atom. The maximum absolute atomic E-state index is 5.04. The highest BCUT2D eigenvalue weighted by atomic mass is 15.0. The van der Waals surface area contributed by atoms with Gasteiger partial charge in [0.25, 0.3) is 0 Å². The zero-order valence-corrected chi connectivity index (χ0v) is 22.0. The molecule has 0 aliphatic carbocycles. The minimum atomic E-state index is 0.638. The van der Waals surface area contributed by atoms with Gasteiger partial charge < -0.3 is 0 Å². The molecule has 41 heavy (non-hydrogen) atoms. The lowest BCUT2D eigenvalue weighted by atomic mass is 10.0. The second-order valence-corrected chi connectivity index (χ2v) is 9.99. The van der Waals surface area contributed by atoms with Crippen LogP contribution < -0.4 is 0 Å². The molecule has 8 rings (SSSR count). The van der Waals surface area contributed by atoms with Crippen molar-refractivity contribution in [3.05, 3.63) is 140 Å². The van der Waals surface area contributed by atoms with Gasteiger partial charge in [0.2, 0.25) is 0 Å². The van der Waals surface area contributed by atoms with Crippen molar-refractivity contribution in [1.29, 1.82) is 0 Å². The molecule has 0 spiro atoms. The molecule has 0 fully saturated rings. The van der Waals surface area contributed by atoms with Crippen molar-refractivity contribution in [2.45, 2.75) is 0 Å². The van der Waals surface area contributed by atoms with Gasteiger partial charge in [-0.2, -0.15) is 0 Å². The molecular weight excluding hydrogens is 502 g/mol. The van der Waals surface area contributed by atoms with Crippen LogP contribution in [0, 0.1) is 0 Å². The molecule has 0 saturated heterocycles. The molecule has 0 bridgehead atoms. The number of para-hydroxylation sites is 3. The Bertz CT molecular complexity index is 2130. The zero-order chi connectivity index (χ0) is 27.2. The molecule has 0 aliphatic rings. The van der Waals surface area contributed by atoms with Gasteiger partial charge in [0.15, 0.2) is 17.5 Å². The predicted octanol–water partition coefficient (Wildman–Crippen LogP) is 8.49. The molecule has 5 aromatic carbocycles. The normalized spacial score (nSPS) is 11.4. The first kappa shape index (κ1) is 23.2. The summed E-state index contributed by atoms with van der Waals surface area (Å²) in [6.07, 6.45) is 0. The van der Waals surface area contributed by atoms with Crippen LogP contribution in [0.15, 0.2) is 140 Å². The average molecular weight is 526 g/mol. The third kappa shape index (κ3) is 4.03. The fourth-order valence-corrected chi connectivity index (χ4v) is 5.43. The van der Waals surface area contributed by atoms with E-state index in [1.165, 1.54) is 5.39 Å². The van der Waals surface area contributed by atoms with Gasteiger partial charge >= 0.3 is 0 Å². The Hall–Kier alpha value is -5.68. The second-order valence-electron chi connectivity index (χ2n) is 9.99. The SMILES string of the molecule is c1ccc(-c2nc(-c3ccccc3)nc(-c3ccc(-c4cc5ccccc5n5c4nc4ccccc45)cc3)n2)cc1. The van der Waals surface area contributed by atoms with Crippen molar-refractivity contribution >= 4 is 27.6 Å². The van der Waals surface area contributed by atoms with E-state index in [2.05, 4.69) is 77.2 Å². The first-order valence-electron chi connectivity index (χ1n) is 13.6. The molecule has 0 amide bonds. The van der Waals surface area contributed by atoms with Crippen molar-refractivity contribution in [3.8, 4) is 45.3 Å². The van der Waals surface area contributed by atoms with Crippen molar-refractivity contribution in [3.63, 3.8) is 0 Å². The van der Waals surface area contributed by atoms with Gasteiger partial charge in [-0.1, -0.05) is 115 Å². The van der Waals surface area contributed by atoms with Gasteiger partial charge in [-0.05, 0) is 35.2 Å². The molecule has 3 aromatic heterocycles. The van der Waals surface area contributed by atoms with Crippen LogP contribution in [0.1, 0.15) is 0 Å². The fraction of sp³-hybridized carbons (Fsp3) is 0. The monoisotopic (exact) mass is 525 g/mol. The third-order valence-corrected chi connectivity index (χ3v) is 7.43. The lowest BCUT2D eigenvalue weighted by molar-refractivity contribution is 1.07. The lowest BCUT2D eigenvalue weighted by Crippen LogP contribution is -2.00. The van der Waals surface area contributed by atoms with Gasteiger partial charge in [0.05, 0.1) is 16.6 Å². The van der Waals surface area contributed by atoms with Gasteiger partial charge in [-0.3, -0.25) is 4.40 Å². The lowest BCUT2D eigenvalue weighted by Gasteiger charge is -2.11. The molecule has 8 aromatic rings. The van der Waals surface area contributed by atoms with Crippen LogP contribution in [0.4, 0.5) is 0 Å². The predicted molar refractivity (Wildman–Crippen MR) is 165 cm³/mol. The zero-order valence-electron chi connectivity index (χ0n) is 22.0. The van der Waals surface area contributed by atoms with Crippen LogP contribution >= 0.6 is 0 Å². The van der Waals surface area contributed by atoms with E-state index in [1.807, 2.05) is 66.7 Å². The summed E-state index contributed by atoms with van der Waals surface area (Å²) in [6.45, 7) is 0. The third-order valence-electron chi connectivity index (χ3n) is 7.43. The molecule has 0 N–H and O–H groups in total. The number of pyridine rings is 1. The number of rotatable bonds is 4. The number of fused-ring (bicyclic) bond motifs is 5. The summed E-state index contributed by atoms with van der Waals surface area (Å²) in [6, 6.07) is 47.5. The number of hydrogen-bond donors (Lipinski definition) is 0. The van der Waals surface area contributed by atoms with Crippen molar-refractivity contribution in [2.75, 3.05) is 0 Å². The van der Waals surface area contributed by atoms with E-state index in [1.54, 1.807) is 0 Å². The summed E-state index contributed by atoms with van der Waals surface area (Å²) in [7, 11) is 0. The van der Waals surface area contributed by atoms with E-state index in [0.717, 1.165) is 50.0 Å². The highest BCUT2D eigenvalue weighted by Gasteiger charge is 2.15. The van der Waals surface area contributed by atoms with Crippen LogP contribution in [-0.4, -0.2) is 24.3 Å². The first-order chi connectivity index (χ1) is 20.3. The molecule has 5 nitrogen and oxygen atoms in total. The summed E-state index contributed by atoms with van der Waals surface area (Å²) < 4.78 is 2.26. The second kappa shape index (κ2) is 9.50. The maximum Gasteiger partial charge on any atom is 0.164 e. The number of imidazole rings is 1. The Kier molecular flexibility index (Phi) is 5.38. The Morgan fingerprint density at radius 1 is 0.390 bits per heavy atom. The van der Waals surface area contributed by atoms with E-state index < -0.39 is 0 Å². The summed E-state index contributed by atoms with van der Waals surface area (Å²) >= 11 is 0. The standard InChI is InChI=1S/C36H23N5/c1-3-11-25(12-4-1)33-38-34(26-13-5-2-6-14-26)40-35(39-33)27-21-19-24(20-22-27)29-23-28-15-7-9-17-31(28)41-32-18-10-8-16-30(32)37-36(29)41/h1-23H. The van der Waals surface area contributed by atoms with Crippen LogP contribution in [-0.2, 0) is 0 Å². The Balaban J connectivity index is 1.28. The van der Waals surface area contributed by atoms with Gasteiger partial charge in [0, 0.05) is 22.3 Å². The number of nitrogens with zero attached hydrogens (tertiary/aromatic N) is 5. The first-order valence-corrected chi connectivity index (χ1v) is 13.6. The van der Waals surface area contributed by atoms with Crippen molar-refractivity contribution in [1.82, 2.24) is 24.3 Å². The van der Waals surface area contributed by atoms with E-state index in [0.29, 0.717) is 17.5 Å². The molecule has 3 heterocycles. The van der Waals surface area contributed by atoms with Crippen molar-refractivity contribution < 1.29 is 0 Å². The molecule has 192 valence electrons. The van der Waals surface area contributed by atoms with E-state index in [9.17, 15) is 0 Å². The van der Waals surface area contributed by atoms with Crippen LogP contribution in [0.3, 0.4) is 0 Å². The highest BCUT2D eigenvalue weighted by molar-refractivity contribution is 5.97. The fourth-order valence-electron chi connectivity index (χ4n) is 5.43. The summed E-state index contributed by atoms with van der Waals surface area (Å²) in [5.74, 6) is 1.94. The smallest absolute Gasteiger partial charge is 0.164 e. The van der Waals surface area contributed by atoms with E-state index in [4.69, 9.17) is 19.9 Å². The largest absolute Gasteiger partial charge is 0.292 e. The van der Waals surface area contributed by atoms with E-state index >= 15 is 0 Å². The summed E-state index contributed by atoms with van der Waals surface area (Å²) in [5.41, 5.74) is 9.16. The summed E-state index contributed by atoms with van der Waals surface area (Å²) in [5, 5.41) is 1.17. The quantitative estimate of drug-likeness (QED) is 0.231. The molecule has 0 saturated carbocycles. The molecule has 0 radical (unpaired) electrons. The number of benzene rings is 5. The Morgan fingerprint density at radius 2 is 0.878 bits per heavy atom. The van der Waals surface area contributed by atoms with Gasteiger partial charge in [0.1, 0.15) is 5.65 Å². The van der Waals surface area contributed by atoms with Gasteiger partial charge in [-0.25, -0.2) is 19.9 Å². The number of hydrogen-bond acceptors (Lipinski definition) is 4. The Labute approximate surface area is 236 Å². The van der Waals surface area contributed by atoms with E-state index in [-0.39, 0.29) is 0 Å². The van der Waals surface area contributed by atoms with Crippen LogP contribution in [0.2, 0.25) is 0 Å². The molecule has 0 unspecified atom stereocenters. The topological polar surface area (TPSA) is 56.0 Å². The van der Waals surface area contributed by atoms with Crippen LogP contribution in [0.25, 0.3) is 72.9 Å². The average Bonchev–Trinajstić information content (AvgIpc) is 3.45. The minimum absolute atomic E-state index is 0.638. The maximum atomic E-state index is 5.04. The van der Waals surface area contributed by atoms with Crippen LogP contribution in [0.5, 0.6) is 0 Å². The molecule has 0 aliphatic heterocycles. The van der Waals surface area contributed by atoms with Gasteiger partial charge in [-0.15, -0.1) is 0 Å². The molecular formula is C36H23N5.